The van der Waals surface area contributed by atoms with Crippen molar-refractivity contribution in [2.45, 2.75) is 31.7 Å². The predicted molar refractivity (Wildman–Crippen MR) is 131 cm³/mol. The van der Waals surface area contributed by atoms with E-state index >= 15 is 0 Å². The van der Waals surface area contributed by atoms with Gasteiger partial charge >= 0.3 is 0 Å². The summed E-state index contributed by atoms with van der Waals surface area (Å²) < 4.78 is 42.1. The topological polar surface area (TPSA) is 74.9 Å². The zero-order valence-corrected chi connectivity index (χ0v) is 21.3. The summed E-state index contributed by atoms with van der Waals surface area (Å²) in [5.41, 5.74) is 2.37. The Morgan fingerprint density at radius 1 is 1.06 bits per heavy atom. The van der Waals surface area contributed by atoms with Crippen molar-refractivity contribution in [2.24, 2.45) is 4.99 Å². The van der Waals surface area contributed by atoms with E-state index in [1.54, 1.807) is 36.4 Å². The molecule has 0 aliphatic rings. The molecule has 10 heteroatoms. The molecule has 0 amide bonds. The number of aromatic nitrogens is 1. The van der Waals surface area contributed by atoms with Gasteiger partial charge in [-0.1, -0.05) is 26.0 Å². The van der Waals surface area contributed by atoms with E-state index in [2.05, 4.69) is 4.99 Å². The van der Waals surface area contributed by atoms with Gasteiger partial charge in [-0.3, -0.25) is 0 Å². The van der Waals surface area contributed by atoms with Crippen LogP contribution in [0, 0.1) is 5.82 Å². The second-order valence-corrected chi connectivity index (χ2v) is 9.61. The van der Waals surface area contributed by atoms with Gasteiger partial charge in [-0.2, -0.15) is 4.31 Å². The van der Waals surface area contributed by atoms with Crippen LogP contribution >= 0.6 is 28.3 Å². The first-order valence-corrected chi connectivity index (χ1v) is 12.4. The highest BCUT2D eigenvalue weighted by molar-refractivity contribution is 8.93. The first-order valence-electron chi connectivity index (χ1n) is 10.1. The van der Waals surface area contributed by atoms with Crippen LogP contribution in [0.5, 0.6) is 0 Å². The zero-order chi connectivity index (χ0) is 22.4. The van der Waals surface area contributed by atoms with Crippen molar-refractivity contribution in [3.05, 3.63) is 64.5 Å². The molecule has 3 rings (SSSR count). The average molecular weight is 545 g/mol. The number of halogens is 2. The Morgan fingerprint density at radius 3 is 2.25 bits per heavy atom. The summed E-state index contributed by atoms with van der Waals surface area (Å²) in [4.78, 5) is 5.59. The fraction of sp³-hybridized carbons (Fsp3) is 0.318. The molecule has 0 atom stereocenters. The average Bonchev–Trinajstić information content (AvgIpc) is 3.17. The third-order valence-corrected chi connectivity index (χ3v) is 7.81. The number of aliphatic hydroxyl groups is 1. The van der Waals surface area contributed by atoms with Crippen molar-refractivity contribution in [3.63, 3.8) is 0 Å². The summed E-state index contributed by atoms with van der Waals surface area (Å²) in [5, 5.41) is 11.3. The van der Waals surface area contributed by atoms with E-state index in [-0.39, 0.29) is 34.3 Å². The maximum Gasteiger partial charge on any atom is 0.243 e. The van der Waals surface area contributed by atoms with Crippen molar-refractivity contribution < 1.29 is 17.9 Å². The number of hydrogen-bond donors (Lipinski definition) is 1. The molecule has 1 heterocycles. The molecule has 0 spiro atoms. The predicted octanol–water partition coefficient (Wildman–Crippen LogP) is 4.58. The molecule has 0 saturated carbocycles. The van der Waals surface area contributed by atoms with Gasteiger partial charge in [-0.25, -0.2) is 17.8 Å². The summed E-state index contributed by atoms with van der Waals surface area (Å²) >= 11 is 1.44. The van der Waals surface area contributed by atoms with E-state index in [0.717, 1.165) is 16.1 Å². The van der Waals surface area contributed by atoms with Gasteiger partial charge in [0.05, 0.1) is 16.3 Å². The minimum Gasteiger partial charge on any atom is -0.396 e. The van der Waals surface area contributed by atoms with Gasteiger partial charge in [0.1, 0.15) is 5.82 Å². The molecule has 1 aromatic heterocycles. The summed E-state index contributed by atoms with van der Waals surface area (Å²) in [6, 6.07) is 12.8. The van der Waals surface area contributed by atoms with Crippen LogP contribution in [0.25, 0.3) is 11.3 Å². The monoisotopic (exact) mass is 543 g/mol. The van der Waals surface area contributed by atoms with Crippen molar-refractivity contribution in [1.29, 1.82) is 0 Å². The van der Waals surface area contributed by atoms with E-state index in [1.165, 1.54) is 27.8 Å². The van der Waals surface area contributed by atoms with Crippen LogP contribution < -0.4 is 4.80 Å². The lowest BCUT2D eigenvalue weighted by atomic mass is 10.2. The lowest BCUT2D eigenvalue weighted by Crippen LogP contribution is -2.30. The summed E-state index contributed by atoms with van der Waals surface area (Å²) in [6.07, 6.45) is 0.550. The number of rotatable bonds is 9. The lowest BCUT2D eigenvalue weighted by molar-refractivity contribution is 0.279. The first-order chi connectivity index (χ1) is 14.9. The van der Waals surface area contributed by atoms with Gasteiger partial charge in [0.15, 0.2) is 4.80 Å². The summed E-state index contributed by atoms with van der Waals surface area (Å²) in [7, 11) is -3.52. The Kier molecular flexibility index (Phi) is 9.78. The smallest absolute Gasteiger partial charge is 0.243 e. The number of hydrogen-bond acceptors (Lipinski definition) is 5. The van der Waals surface area contributed by atoms with E-state index in [0.29, 0.717) is 31.7 Å². The van der Waals surface area contributed by atoms with Crippen LogP contribution in [0.3, 0.4) is 0 Å². The molecule has 6 nitrogen and oxygen atoms in total. The quantitative estimate of drug-likeness (QED) is 0.429. The third kappa shape index (κ3) is 5.93. The van der Waals surface area contributed by atoms with Gasteiger partial charge in [0, 0.05) is 31.6 Å². The van der Waals surface area contributed by atoms with Crippen LogP contribution in [-0.4, -0.2) is 42.1 Å². The normalized spacial score (nSPS) is 12.2. The minimum absolute atomic E-state index is 0. The molecule has 0 radical (unpaired) electrons. The Balaban J connectivity index is 0.00000363. The number of benzene rings is 2. The van der Waals surface area contributed by atoms with Crippen LogP contribution in [0.2, 0.25) is 0 Å². The first kappa shape index (κ1) is 26.4. The van der Waals surface area contributed by atoms with Crippen molar-refractivity contribution in [3.8, 4) is 11.3 Å². The van der Waals surface area contributed by atoms with Crippen molar-refractivity contribution in [2.75, 3.05) is 19.7 Å². The third-order valence-electron chi connectivity index (χ3n) is 4.88. The molecule has 1 N–H and O–H groups in total. The largest absolute Gasteiger partial charge is 0.396 e. The molecule has 0 unspecified atom stereocenters. The van der Waals surface area contributed by atoms with E-state index in [1.807, 2.05) is 23.8 Å². The lowest BCUT2D eigenvalue weighted by Gasteiger charge is -2.18. The van der Waals surface area contributed by atoms with E-state index in [9.17, 15) is 17.9 Å². The molecule has 0 bridgehead atoms. The van der Waals surface area contributed by atoms with Gasteiger partial charge in [-0.15, -0.1) is 28.3 Å². The summed E-state index contributed by atoms with van der Waals surface area (Å²) in [5.74, 6) is -0.321. The molecule has 3 aromatic rings. The Hall–Kier alpha value is -1.85. The van der Waals surface area contributed by atoms with Gasteiger partial charge in [0.2, 0.25) is 10.0 Å². The molecule has 0 aliphatic carbocycles. The molecule has 32 heavy (non-hydrogen) atoms. The second-order valence-electron chi connectivity index (χ2n) is 6.83. The van der Waals surface area contributed by atoms with Gasteiger partial charge in [0.25, 0.3) is 0 Å². The van der Waals surface area contributed by atoms with E-state index < -0.39 is 10.0 Å². The van der Waals surface area contributed by atoms with Crippen molar-refractivity contribution in [1.82, 2.24) is 8.87 Å². The Bertz CT molecular complexity index is 1170. The van der Waals surface area contributed by atoms with E-state index in [4.69, 9.17) is 0 Å². The zero-order valence-electron chi connectivity index (χ0n) is 17.9. The van der Waals surface area contributed by atoms with Crippen LogP contribution in [-0.2, 0) is 16.6 Å². The molecule has 0 saturated heterocycles. The standard InChI is InChI=1S/C22H26FN3O3S2.BrH/c1-3-25(4-2)31(28,29)20-12-6-17(7-13-20)21-16-30-22(26(21)14-5-15-27)24-19-10-8-18(23)9-11-19;/h6-13,16,27H,3-5,14-15H2,1-2H3;1H. The molecule has 174 valence electrons. The van der Waals surface area contributed by atoms with Crippen LogP contribution in [0.1, 0.15) is 20.3 Å². The number of sulfonamides is 1. The van der Waals surface area contributed by atoms with Gasteiger partial charge in [-0.05, 0) is 48.4 Å². The molecular formula is C22H27BrFN3O3S2. The number of nitrogens with zero attached hydrogens (tertiary/aromatic N) is 3. The minimum atomic E-state index is -3.52. The summed E-state index contributed by atoms with van der Waals surface area (Å²) in [6.45, 7) is 5.06. The Labute approximate surface area is 202 Å². The SMILES string of the molecule is Br.CCN(CC)S(=O)(=O)c1ccc(-c2csc(=Nc3ccc(F)cc3)n2CCCO)cc1. The molecule has 2 aromatic carbocycles. The number of aliphatic hydroxyl groups excluding tert-OH is 1. The maximum atomic E-state index is 13.2. The number of thiazole rings is 1. The highest BCUT2D eigenvalue weighted by atomic mass is 79.9. The van der Waals surface area contributed by atoms with Gasteiger partial charge < -0.3 is 9.67 Å². The van der Waals surface area contributed by atoms with Crippen LogP contribution in [0.4, 0.5) is 10.1 Å². The van der Waals surface area contributed by atoms with Crippen LogP contribution in [0.15, 0.2) is 63.8 Å². The molecule has 0 aliphatic heterocycles. The molecule has 0 fully saturated rings. The Morgan fingerprint density at radius 2 is 1.69 bits per heavy atom. The second kappa shape index (κ2) is 11.9. The molecular weight excluding hydrogens is 517 g/mol. The fourth-order valence-corrected chi connectivity index (χ4v) is 5.64. The maximum absolute atomic E-state index is 13.2. The highest BCUT2D eigenvalue weighted by Crippen LogP contribution is 2.24. The fourth-order valence-electron chi connectivity index (χ4n) is 3.23. The highest BCUT2D eigenvalue weighted by Gasteiger charge is 2.21. The van der Waals surface area contributed by atoms with Crippen molar-refractivity contribution >= 4 is 44.0 Å².